The predicted octanol–water partition coefficient (Wildman–Crippen LogP) is -0.833. The maximum Gasteiger partial charge on any atom is 0.239 e. The van der Waals surface area contributed by atoms with Gasteiger partial charge < -0.3 is 59.8 Å². The van der Waals surface area contributed by atoms with E-state index in [1.807, 2.05) is 0 Å². The first-order valence-corrected chi connectivity index (χ1v) is 9.79. The Morgan fingerprint density at radius 1 is 0.853 bits per heavy atom. The summed E-state index contributed by atoms with van der Waals surface area (Å²) in [6.07, 6.45) is -8.64. The first-order valence-electron chi connectivity index (χ1n) is 9.79. The van der Waals surface area contributed by atoms with Crippen molar-refractivity contribution in [1.29, 1.82) is 0 Å². The van der Waals surface area contributed by atoms with Crippen LogP contribution in [0.15, 0.2) is 33.5 Å². The first-order chi connectivity index (χ1) is 16.0. The number of phenolic OH excluding ortho intramolecular Hbond substituents is 5. The van der Waals surface area contributed by atoms with E-state index >= 15 is 0 Å². The molecule has 1 aliphatic rings. The molecule has 9 N–H and O–H groups in total. The van der Waals surface area contributed by atoms with Crippen molar-refractivity contribution in [3.63, 3.8) is 0 Å². The molecule has 5 atom stereocenters. The van der Waals surface area contributed by atoms with Crippen LogP contribution in [-0.2, 0) is 4.74 Å². The van der Waals surface area contributed by atoms with E-state index < -0.39 is 94.0 Å². The standard InChI is InChI=1S/C21H20O13/c22-5-11-14(27)17(30)18(31)21(33-11)34-20-16(29)12-10(4-9(25)13(26)15(12)28)32-19(20)6-1-2-7(23)8(24)3-6/h1-4,11,14,17-18,21-28,30-31H,5H2/t11-,14+,17+,18-,21+/m0/s1. The molecule has 0 bridgehead atoms. The Morgan fingerprint density at radius 2 is 1.56 bits per heavy atom. The van der Waals surface area contributed by atoms with Gasteiger partial charge in [0.05, 0.1) is 6.61 Å². The summed E-state index contributed by atoms with van der Waals surface area (Å²) in [4.78, 5) is 13.3. The third kappa shape index (κ3) is 3.70. The number of aliphatic hydroxyl groups excluding tert-OH is 4. The molecule has 13 heteroatoms. The highest BCUT2D eigenvalue weighted by atomic mass is 16.7. The van der Waals surface area contributed by atoms with Gasteiger partial charge >= 0.3 is 0 Å². The zero-order valence-electron chi connectivity index (χ0n) is 17.1. The van der Waals surface area contributed by atoms with E-state index in [9.17, 15) is 50.8 Å². The normalized spacial score (nSPS) is 24.9. The Balaban J connectivity index is 1.94. The topological polar surface area (TPSA) is 231 Å². The van der Waals surface area contributed by atoms with Crippen molar-refractivity contribution in [3.05, 3.63) is 34.5 Å². The summed E-state index contributed by atoms with van der Waals surface area (Å²) in [5, 5.41) is 88.3. The third-order valence-electron chi connectivity index (χ3n) is 5.39. The van der Waals surface area contributed by atoms with Crippen LogP contribution in [0.2, 0.25) is 0 Å². The Kier molecular flexibility index (Phi) is 5.89. The van der Waals surface area contributed by atoms with Gasteiger partial charge in [0, 0.05) is 11.6 Å². The largest absolute Gasteiger partial charge is 0.504 e. The van der Waals surface area contributed by atoms with E-state index in [0.717, 1.165) is 18.2 Å². The number of aromatic hydroxyl groups is 5. The van der Waals surface area contributed by atoms with E-state index in [-0.39, 0.29) is 5.56 Å². The van der Waals surface area contributed by atoms with Crippen LogP contribution in [0.1, 0.15) is 0 Å². The van der Waals surface area contributed by atoms with Crippen LogP contribution >= 0.6 is 0 Å². The molecule has 2 aromatic carbocycles. The fraction of sp³-hybridized carbons (Fsp3) is 0.286. The fourth-order valence-corrected chi connectivity index (χ4v) is 3.54. The summed E-state index contributed by atoms with van der Waals surface area (Å²) >= 11 is 0. The van der Waals surface area contributed by atoms with Crippen molar-refractivity contribution in [1.82, 2.24) is 0 Å². The average molecular weight is 480 g/mol. The molecule has 0 radical (unpaired) electrons. The zero-order chi connectivity index (χ0) is 24.9. The fourth-order valence-electron chi connectivity index (χ4n) is 3.54. The van der Waals surface area contributed by atoms with Gasteiger partial charge in [0.25, 0.3) is 0 Å². The first kappa shape index (κ1) is 23.4. The highest BCUT2D eigenvalue weighted by molar-refractivity contribution is 5.91. The summed E-state index contributed by atoms with van der Waals surface area (Å²) < 4.78 is 16.3. The Labute approximate surface area is 189 Å². The van der Waals surface area contributed by atoms with Gasteiger partial charge in [-0.2, -0.15) is 0 Å². The third-order valence-corrected chi connectivity index (χ3v) is 5.39. The van der Waals surface area contributed by atoms with Gasteiger partial charge in [-0.25, -0.2) is 0 Å². The summed E-state index contributed by atoms with van der Waals surface area (Å²) in [6.45, 7) is -0.774. The molecule has 1 fully saturated rings. The minimum absolute atomic E-state index is 0.0408. The number of hydrogen-bond acceptors (Lipinski definition) is 13. The maximum absolute atomic E-state index is 13.3. The second kappa shape index (κ2) is 8.55. The number of ether oxygens (including phenoxy) is 2. The minimum atomic E-state index is -1.91. The summed E-state index contributed by atoms with van der Waals surface area (Å²) in [5.41, 5.74) is -1.56. The monoisotopic (exact) mass is 480 g/mol. The Hall–Kier alpha value is -3.75. The van der Waals surface area contributed by atoms with Gasteiger partial charge in [-0.1, -0.05) is 0 Å². The molecule has 1 aromatic heterocycles. The quantitative estimate of drug-likeness (QED) is 0.208. The van der Waals surface area contributed by atoms with Crippen molar-refractivity contribution in [2.24, 2.45) is 0 Å². The zero-order valence-corrected chi connectivity index (χ0v) is 17.1. The molecule has 0 amide bonds. The maximum atomic E-state index is 13.3. The molecule has 0 spiro atoms. The number of hydrogen-bond donors (Lipinski definition) is 9. The van der Waals surface area contributed by atoms with E-state index in [2.05, 4.69) is 0 Å². The van der Waals surface area contributed by atoms with Crippen LogP contribution in [0.4, 0.5) is 0 Å². The van der Waals surface area contributed by atoms with Gasteiger partial charge in [0.1, 0.15) is 35.4 Å². The highest BCUT2D eigenvalue weighted by Gasteiger charge is 2.45. The molecule has 13 nitrogen and oxygen atoms in total. The lowest BCUT2D eigenvalue weighted by Gasteiger charge is -2.39. The number of phenols is 5. The second-order valence-corrected chi connectivity index (χ2v) is 7.57. The smallest absolute Gasteiger partial charge is 0.239 e. The van der Waals surface area contributed by atoms with Gasteiger partial charge in [-0.05, 0) is 18.2 Å². The summed E-state index contributed by atoms with van der Waals surface area (Å²) in [7, 11) is 0. The van der Waals surface area contributed by atoms with E-state index in [1.54, 1.807) is 0 Å². The molecule has 0 aliphatic carbocycles. The molecule has 0 unspecified atom stereocenters. The molecule has 3 aromatic rings. The van der Waals surface area contributed by atoms with Crippen molar-refractivity contribution >= 4 is 11.0 Å². The number of rotatable bonds is 4. The molecule has 34 heavy (non-hydrogen) atoms. The molecule has 2 heterocycles. The molecule has 0 saturated carbocycles. The van der Waals surface area contributed by atoms with E-state index in [1.165, 1.54) is 6.07 Å². The number of fused-ring (bicyclic) bond motifs is 1. The lowest BCUT2D eigenvalue weighted by molar-refractivity contribution is -0.277. The molecule has 1 aliphatic heterocycles. The van der Waals surface area contributed by atoms with Crippen LogP contribution < -0.4 is 10.2 Å². The number of benzene rings is 2. The van der Waals surface area contributed by atoms with Gasteiger partial charge in [-0.15, -0.1) is 0 Å². The van der Waals surface area contributed by atoms with Crippen LogP contribution in [0.3, 0.4) is 0 Å². The molecular formula is C21H20O13. The molecule has 4 rings (SSSR count). The SMILES string of the molecule is O=c1c(O[C@H]2O[C@@H](CO)[C@@H](O)[C@@H](O)[C@@H]2O)c(-c2ccc(O)c(O)c2)oc2cc(O)c(O)c(O)c12. The highest BCUT2D eigenvalue weighted by Crippen LogP contribution is 2.43. The van der Waals surface area contributed by atoms with Gasteiger partial charge in [0.2, 0.25) is 23.2 Å². The molecule has 182 valence electrons. The lowest BCUT2D eigenvalue weighted by Crippen LogP contribution is -2.60. The van der Waals surface area contributed by atoms with Gasteiger partial charge in [0.15, 0.2) is 28.8 Å². The van der Waals surface area contributed by atoms with Crippen molar-refractivity contribution in [2.75, 3.05) is 6.61 Å². The molecule has 1 saturated heterocycles. The Morgan fingerprint density at radius 3 is 2.21 bits per heavy atom. The van der Waals surface area contributed by atoms with E-state index in [4.69, 9.17) is 13.9 Å². The van der Waals surface area contributed by atoms with Crippen LogP contribution in [0, 0.1) is 0 Å². The summed E-state index contributed by atoms with van der Waals surface area (Å²) in [6, 6.07) is 4.13. The van der Waals surface area contributed by atoms with Crippen LogP contribution in [-0.4, -0.2) is 83.3 Å². The lowest BCUT2D eigenvalue weighted by atomic mass is 9.99. The van der Waals surface area contributed by atoms with Crippen molar-refractivity contribution in [2.45, 2.75) is 30.7 Å². The second-order valence-electron chi connectivity index (χ2n) is 7.57. The van der Waals surface area contributed by atoms with Gasteiger partial charge in [-0.3, -0.25) is 4.79 Å². The summed E-state index contributed by atoms with van der Waals surface area (Å²) in [5.74, 6) is -5.12. The average Bonchev–Trinajstić information content (AvgIpc) is 2.80. The van der Waals surface area contributed by atoms with Crippen LogP contribution in [0.25, 0.3) is 22.3 Å². The van der Waals surface area contributed by atoms with Crippen LogP contribution in [0.5, 0.6) is 34.5 Å². The van der Waals surface area contributed by atoms with E-state index in [0.29, 0.717) is 0 Å². The predicted molar refractivity (Wildman–Crippen MR) is 111 cm³/mol. The molecular weight excluding hydrogens is 460 g/mol. The number of aliphatic hydroxyl groups is 4. The van der Waals surface area contributed by atoms with Crippen molar-refractivity contribution < 1.29 is 59.8 Å². The minimum Gasteiger partial charge on any atom is -0.504 e. The van der Waals surface area contributed by atoms with Crippen molar-refractivity contribution in [3.8, 4) is 45.8 Å². The Bertz CT molecular complexity index is 1300.